The number of hydrogen-bond donors (Lipinski definition) is 2. The fraction of sp³-hybridized carbons (Fsp3) is 0.727. The predicted molar refractivity (Wildman–Crippen MR) is 62.5 cm³/mol. The Labute approximate surface area is 91.8 Å². The molecular weight excluding hydrogens is 188 g/mol. The van der Waals surface area contributed by atoms with E-state index in [2.05, 4.69) is 36.0 Å². The molecule has 0 bridgehead atoms. The van der Waals surface area contributed by atoms with Crippen LogP contribution >= 0.6 is 0 Å². The SMILES string of the molecule is CC(C)Cc1n[nH]cc1CN(C)CCN. The zero-order valence-corrected chi connectivity index (χ0v) is 9.95. The summed E-state index contributed by atoms with van der Waals surface area (Å²) < 4.78 is 0. The van der Waals surface area contributed by atoms with Crippen molar-refractivity contribution in [2.45, 2.75) is 26.8 Å². The second-order valence-electron chi connectivity index (χ2n) is 4.48. The lowest BCUT2D eigenvalue weighted by Gasteiger charge is -2.15. The summed E-state index contributed by atoms with van der Waals surface area (Å²) in [6.45, 7) is 6.97. The molecule has 0 aromatic carbocycles. The van der Waals surface area contributed by atoms with Gasteiger partial charge in [-0.1, -0.05) is 13.8 Å². The summed E-state index contributed by atoms with van der Waals surface area (Å²) in [5.41, 5.74) is 7.99. The van der Waals surface area contributed by atoms with Gasteiger partial charge in [0.15, 0.2) is 0 Å². The maximum Gasteiger partial charge on any atom is 0.0669 e. The third-order valence-electron chi connectivity index (χ3n) is 2.36. The Morgan fingerprint density at radius 2 is 2.27 bits per heavy atom. The zero-order chi connectivity index (χ0) is 11.3. The number of nitrogens with zero attached hydrogens (tertiary/aromatic N) is 2. The van der Waals surface area contributed by atoms with Crippen LogP contribution in [0, 0.1) is 5.92 Å². The molecule has 0 fully saturated rings. The molecule has 0 aliphatic heterocycles. The lowest BCUT2D eigenvalue weighted by atomic mass is 10.1. The monoisotopic (exact) mass is 210 g/mol. The summed E-state index contributed by atoms with van der Waals surface area (Å²) >= 11 is 0. The summed E-state index contributed by atoms with van der Waals surface area (Å²) in [6, 6.07) is 0. The van der Waals surface area contributed by atoms with Crippen LogP contribution in [0.5, 0.6) is 0 Å². The lowest BCUT2D eigenvalue weighted by molar-refractivity contribution is 0.335. The Morgan fingerprint density at radius 3 is 2.87 bits per heavy atom. The van der Waals surface area contributed by atoms with Crippen molar-refractivity contribution in [3.63, 3.8) is 0 Å². The van der Waals surface area contributed by atoms with E-state index in [9.17, 15) is 0 Å². The molecule has 0 saturated heterocycles. The molecule has 1 aromatic rings. The molecule has 0 unspecified atom stereocenters. The van der Waals surface area contributed by atoms with Crippen LogP contribution in [0.2, 0.25) is 0 Å². The van der Waals surface area contributed by atoms with Crippen molar-refractivity contribution < 1.29 is 0 Å². The smallest absolute Gasteiger partial charge is 0.0669 e. The van der Waals surface area contributed by atoms with E-state index >= 15 is 0 Å². The van der Waals surface area contributed by atoms with Gasteiger partial charge in [-0.2, -0.15) is 5.10 Å². The predicted octanol–water partition coefficient (Wildman–Crippen LogP) is 0.999. The molecule has 15 heavy (non-hydrogen) atoms. The summed E-state index contributed by atoms with van der Waals surface area (Å²) in [7, 11) is 2.08. The summed E-state index contributed by atoms with van der Waals surface area (Å²) in [4.78, 5) is 2.22. The molecule has 0 saturated carbocycles. The molecular formula is C11H22N4. The first-order valence-corrected chi connectivity index (χ1v) is 5.53. The first-order chi connectivity index (χ1) is 7.13. The number of aromatic nitrogens is 2. The molecule has 0 aliphatic carbocycles. The fourth-order valence-electron chi connectivity index (χ4n) is 1.63. The van der Waals surface area contributed by atoms with Crippen molar-refractivity contribution in [1.82, 2.24) is 15.1 Å². The highest BCUT2D eigenvalue weighted by Gasteiger charge is 2.09. The lowest BCUT2D eigenvalue weighted by Crippen LogP contribution is -2.25. The molecule has 0 atom stereocenters. The summed E-state index contributed by atoms with van der Waals surface area (Å²) in [5.74, 6) is 0.645. The average molecular weight is 210 g/mol. The fourth-order valence-corrected chi connectivity index (χ4v) is 1.63. The third kappa shape index (κ3) is 4.01. The topological polar surface area (TPSA) is 57.9 Å². The number of aromatic amines is 1. The number of nitrogens with two attached hydrogens (primary N) is 1. The van der Waals surface area contributed by atoms with E-state index in [1.165, 1.54) is 11.3 Å². The van der Waals surface area contributed by atoms with Crippen LogP contribution < -0.4 is 5.73 Å². The Balaban J connectivity index is 2.56. The van der Waals surface area contributed by atoms with Gasteiger partial charge in [-0.25, -0.2) is 0 Å². The van der Waals surface area contributed by atoms with E-state index in [1.54, 1.807) is 0 Å². The van der Waals surface area contributed by atoms with Gasteiger partial charge in [0.2, 0.25) is 0 Å². The van der Waals surface area contributed by atoms with E-state index in [4.69, 9.17) is 5.73 Å². The van der Waals surface area contributed by atoms with Gasteiger partial charge < -0.3 is 10.6 Å². The number of rotatable bonds is 6. The molecule has 1 rings (SSSR count). The quantitative estimate of drug-likeness (QED) is 0.736. The Bertz CT molecular complexity index is 280. The van der Waals surface area contributed by atoms with Crippen LogP contribution in [0.4, 0.5) is 0 Å². The Hall–Kier alpha value is -0.870. The van der Waals surface area contributed by atoms with Gasteiger partial charge in [0, 0.05) is 31.4 Å². The van der Waals surface area contributed by atoms with Gasteiger partial charge in [-0.05, 0) is 19.4 Å². The van der Waals surface area contributed by atoms with E-state index in [0.717, 1.165) is 19.5 Å². The van der Waals surface area contributed by atoms with E-state index < -0.39 is 0 Å². The number of likely N-dealkylation sites (N-methyl/N-ethyl adjacent to an activating group) is 1. The minimum Gasteiger partial charge on any atom is -0.329 e. The molecule has 3 N–H and O–H groups in total. The zero-order valence-electron chi connectivity index (χ0n) is 9.95. The second kappa shape index (κ2) is 5.88. The maximum atomic E-state index is 5.51. The van der Waals surface area contributed by atoms with Gasteiger partial charge in [0.05, 0.1) is 5.69 Å². The van der Waals surface area contributed by atoms with Gasteiger partial charge in [-0.15, -0.1) is 0 Å². The van der Waals surface area contributed by atoms with Crippen molar-refractivity contribution >= 4 is 0 Å². The van der Waals surface area contributed by atoms with Crippen molar-refractivity contribution in [2.75, 3.05) is 20.1 Å². The van der Waals surface area contributed by atoms with Crippen molar-refractivity contribution in [1.29, 1.82) is 0 Å². The molecule has 86 valence electrons. The van der Waals surface area contributed by atoms with E-state index in [1.807, 2.05) is 6.20 Å². The summed E-state index contributed by atoms with van der Waals surface area (Å²) in [6.07, 6.45) is 3.03. The Kier molecular flexibility index (Phi) is 4.78. The van der Waals surface area contributed by atoms with Gasteiger partial charge >= 0.3 is 0 Å². The first-order valence-electron chi connectivity index (χ1n) is 5.53. The molecule has 0 aliphatic rings. The molecule has 0 radical (unpaired) electrons. The third-order valence-corrected chi connectivity index (χ3v) is 2.36. The standard InChI is InChI=1S/C11H22N4/c1-9(2)6-11-10(7-13-14-11)8-15(3)5-4-12/h7,9H,4-6,8,12H2,1-3H3,(H,13,14). The van der Waals surface area contributed by atoms with Crippen LogP contribution in [0.1, 0.15) is 25.1 Å². The minimum absolute atomic E-state index is 0.645. The molecule has 1 heterocycles. The molecule has 1 aromatic heterocycles. The van der Waals surface area contributed by atoms with E-state index in [0.29, 0.717) is 12.5 Å². The average Bonchev–Trinajstić information content (AvgIpc) is 2.52. The summed E-state index contributed by atoms with van der Waals surface area (Å²) in [5, 5.41) is 7.23. The van der Waals surface area contributed by atoms with Gasteiger partial charge in [0.1, 0.15) is 0 Å². The van der Waals surface area contributed by atoms with Crippen LogP contribution in [-0.2, 0) is 13.0 Å². The van der Waals surface area contributed by atoms with Crippen LogP contribution in [0.25, 0.3) is 0 Å². The highest BCUT2D eigenvalue weighted by atomic mass is 15.1. The van der Waals surface area contributed by atoms with Crippen molar-refractivity contribution in [2.24, 2.45) is 11.7 Å². The number of nitrogens with one attached hydrogen (secondary N) is 1. The largest absolute Gasteiger partial charge is 0.329 e. The highest BCUT2D eigenvalue weighted by molar-refractivity contribution is 5.16. The first kappa shape index (κ1) is 12.2. The maximum absolute atomic E-state index is 5.51. The van der Waals surface area contributed by atoms with Crippen LogP contribution in [0.3, 0.4) is 0 Å². The number of H-pyrrole nitrogens is 1. The molecule has 0 amide bonds. The highest BCUT2D eigenvalue weighted by Crippen LogP contribution is 2.12. The molecule has 0 spiro atoms. The van der Waals surface area contributed by atoms with Crippen molar-refractivity contribution in [3.05, 3.63) is 17.5 Å². The number of hydrogen-bond acceptors (Lipinski definition) is 3. The van der Waals surface area contributed by atoms with Gasteiger partial charge in [-0.3, -0.25) is 5.10 Å². The molecule has 4 heteroatoms. The minimum atomic E-state index is 0.645. The Morgan fingerprint density at radius 1 is 1.53 bits per heavy atom. The van der Waals surface area contributed by atoms with Crippen molar-refractivity contribution in [3.8, 4) is 0 Å². The van der Waals surface area contributed by atoms with E-state index in [-0.39, 0.29) is 0 Å². The van der Waals surface area contributed by atoms with Crippen LogP contribution in [0.15, 0.2) is 6.20 Å². The normalized spacial score (nSPS) is 11.6. The van der Waals surface area contributed by atoms with Crippen LogP contribution in [-0.4, -0.2) is 35.2 Å². The second-order valence-corrected chi connectivity index (χ2v) is 4.48. The van der Waals surface area contributed by atoms with Gasteiger partial charge in [0.25, 0.3) is 0 Å². The molecule has 4 nitrogen and oxygen atoms in total.